The Labute approximate surface area is 124 Å². The normalized spacial score (nSPS) is 10.7. The van der Waals surface area contributed by atoms with Gasteiger partial charge in [0.25, 0.3) is 0 Å². The Balaban J connectivity index is 2.06. The molecule has 0 saturated heterocycles. The van der Waals surface area contributed by atoms with Crippen LogP contribution in [0.15, 0.2) is 57.7 Å². The first-order valence-corrected chi connectivity index (χ1v) is 6.55. The number of ether oxygens (including phenoxy) is 1. The smallest absolute Gasteiger partial charge is 0.379 e. The molecular weight excluding hydrogens is 299 g/mol. The molecule has 20 heavy (non-hydrogen) atoms. The Morgan fingerprint density at radius 2 is 1.75 bits per heavy atom. The molecule has 1 aromatic heterocycles. The molecule has 0 spiro atoms. The van der Waals surface area contributed by atoms with E-state index < -0.39 is 5.63 Å². The van der Waals surface area contributed by atoms with E-state index in [9.17, 15) is 4.79 Å². The Morgan fingerprint density at radius 1 is 0.950 bits per heavy atom. The van der Waals surface area contributed by atoms with Gasteiger partial charge in [0.15, 0.2) is 0 Å². The number of para-hydroxylation sites is 1. The van der Waals surface area contributed by atoms with Crippen molar-refractivity contribution in [3.63, 3.8) is 0 Å². The first kappa shape index (κ1) is 13.0. The predicted octanol–water partition coefficient (Wildman–Crippen LogP) is 4.89. The molecule has 0 atom stereocenters. The zero-order valence-electron chi connectivity index (χ0n) is 10.1. The Morgan fingerprint density at radius 3 is 2.55 bits per heavy atom. The highest BCUT2D eigenvalue weighted by Crippen LogP contribution is 2.31. The molecule has 0 radical (unpaired) electrons. The average Bonchev–Trinajstić information content (AvgIpc) is 2.42. The molecule has 0 unspecified atom stereocenters. The number of halogens is 2. The van der Waals surface area contributed by atoms with Crippen molar-refractivity contribution in [3.05, 3.63) is 69.0 Å². The van der Waals surface area contributed by atoms with E-state index in [1.54, 1.807) is 36.4 Å². The lowest BCUT2D eigenvalue weighted by Gasteiger charge is -2.07. The number of benzene rings is 2. The minimum Gasteiger partial charge on any atom is -0.448 e. The van der Waals surface area contributed by atoms with Crippen LogP contribution in [0.2, 0.25) is 10.0 Å². The topological polar surface area (TPSA) is 39.4 Å². The van der Waals surface area contributed by atoms with E-state index in [4.69, 9.17) is 32.4 Å². The Kier molecular flexibility index (Phi) is 3.38. The quantitative estimate of drug-likeness (QED) is 0.633. The van der Waals surface area contributed by atoms with Gasteiger partial charge in [0.1, 0.15) is 11.3 Å². The van der Waals surface area contributed by atoms with E-state index in [2.05, 4.69) is 0 Å². The predicted molar refractivity (Wildman–Crippen MR) is 79.0 cm³/mol. The minimum absolute atomic E-state index is 0.0768. The molecule has 100 valence electrons. The molecule has 3 rings (SSSR count). The highest BCUT2D eigenvalue weighted by Gasteiger charge is 2.10. The molecular formula is C15H8Cl2O3. The summed E-state index contributed by atoms with van der Waals surface area (Å²) in [5.41, 5.74) is -0.0539. The molecule has 0 aliphatic carbocycles. The second kappa shape index (κ2) is 5.19. The van der Waals surface area contributed by atoms with Crippen LogP contribution in [-0.2, 0) is 0 Å². The van der Waals surface area contributed by atoms with Gasteiger partial charge < -0.3 is 9.15 Å². The summed E-state index contributed by atoms with van der Waals surface area (Å²) in [5, 5.41) is 1.59. The molecule has 2 aromatic carbocycles. The van der Waals surface area contributed by atoms with Crippen molar-refractivity contribution in [1.82, 2.24) is 0 Å². The summed E-state index contributed by atoms with van der Waals surface area (Å²) in [6, 6.07) is 13.6. The van der Waals surface area contributed by atoms with Gasteiger partial charge in [-0.05, 0) is 30.3 Å². The van der Waals surface area contributed by atoms with Crippen LogP contribution >= 0.6 is 23.2 Å². The maximum Gasteiger partial charge on any atom is 0.379 e. The van der Waals surface area contributed by atoms with Crippen LogP contribution < -0.4 is 10.4 Å². The van der Waals surface area contributed by atoms with E-state index in [1.807, 2.05) is 12.1 Å². The summed E-state index contributed by atoms with van der Waals surface area (Å²) < 4.78 is 10.7. The summed E-state index contributed by atoms with van der Waals surface area (Å²) in [5.74, 6) is 0.423. The van der Waals surface area contributed by atoms with Crippen molar-refractivity contribution < 1.29 is 9.15 Å². The number of hydrogen-bond donors (Lipinski definition) is 0. The van der Waals surface area contributed by atoms with Gasteiger partial charge in [-0.2, -0.15) is 0 Å². The molecule has 3 nitrogen and oxygen atoms in total. The second-order valence-corrected chi connectivity index (χ2v) is 4.96. The van der Waals surface area contributed by atoms with Gasteiger partial charge in [0, 0.05) is 10.4 Å². The van der Waals surface area contributed by atoms with Crippen LogP contribution in [0.5, 0.6) is 11.5 Å². The minimum atomic E-state index is -0.560. The van der Waals surface area contributed by atoms with E-state index in [0.717, 1.165) is 5.39 Å². The van der Waals surface area contributed by atoms with Gasteiger partial charge in [0.2, 0.25) is 5.75 Å². The van der Waals surface area contributed by atoms with Crippen molar-refractivity contribution in [1.29, 1.82) is 0 Å². The third kappa shape index (κ3) is 2.50. The lowest BCUT2D eigenvalue weighted by atomic mass is 10.2. The van der Waals surface area contributed by atoms with Crippen LogP contribution in [0.4, 0.5) is 0 Å². The monoisotopic (exact) mass is 306 g/mol. The lowest BCUT2D eigenvalue weighted by molar-refractivity contribution is 0.437. The molecule has 0 amide bonds. The fourth-order valence-corrected chi connectivity index (χ4v) is 2.24. The molecule has 0 saturated carbocycles. The first-order valence-electron chi connectivity index (χ1n) is 5.79. The molecule has 0 aliphatic rings. The summed E-state index contributed by atoms with van der Waals surface area (Å²) in [6.07, 6.45) is 0. The third-order valence-electron chi connectivity index (χ3n) is 2.72. The van der Waals surface area contributed by atoms with Crippen LogP contribution in [0.25, 0.3) is 11.0 Å². The van der Waals surface area contributed by atoms with Gasteiger partial charge in [0.05, 0.1) is 5.02 Å². The Bertz CT molecular complexity index is 840. The SMILES string of the molecule is O=c1oc2ccccc2cc1Oc1ccc(Cl)cc1Cl. The van der Waals surface area contributed by atoms with Gasteiger partial charge in [-0.3, -0.25) is 0 Å². The first-order chi connectivity index (χ1) is 9.63. The molecule has 0 bridgehead atoms. The second-order valence-electron chi connectivity index (χ2n) is 4.11. The van der Waals surface area contributed by atoms with Crippen LogP contribution in [-0.4, -0.2) is 0 Å². The fraction of sp³-hybridized carbons (Fsp3) is 0. The van der Waals surface area contributed by atoms with E-state index in [-0.39, 0.29) is 5.75 Å². The Hall–Kier alpha value is -1.97. The molecule has 3 aromatic rings. The van der Waals surface area contributed by atoms with Crippen molar-refractivity contribution >= 4 is 34.2 Å². The largest absolute Gasteiger partial charge is 0.448 e. The van der Waals surface area contributed by atoms with Crippen molar-refractivity contribution in [2.75, 3.05) is 0 Å². The number of fused-ring (bicyclic) bond motifs is 1. The summed E-state index contributed by atoms with van der Waals surface area (Å²) in [7, 11) is 0. The summed E-state index contributed by atoms with van der Waals surface area (Å²) >= 11 is 11.8. The number of rotatable bonds is 2. The van der Waals surface area contributed by atoms with E-state index in [1.165, 1.54) is 0 Å². The van der Waals surface area contributed by atoms with Crippen LogP contribution in [0.1, 0.15) is 0 Å². The van der Waals surface area contributed by atoms with Crippen molar-refractivity contribution in [2.24, 2.45) is 0 Å². The van der Waals surface area contributed by atoms with Gasteiger partial charge >= 0.3 is 5.63 Å². The zero-order chi connectivity index (χ0) is 14.1. The van der Waals surface area contributed by atoms with Crippen LogP contribution in [0, 0.1) is 0 Å². The molecule has 0 aliphatic heterocycles. The summed E-state index contributed by atoms with van der Waals surface area (Å²) in [6.45, 7) is 0. The standard InChI is InChI=1S/C15H8Cl2O3/c16-10-5-6-13(11(17)8-10)19-14-7-9-3-1-2-4-12(9)20-15(14)18/h1-8H. The van der Waals surface area contributed by atoms with Gasteiger partial charge in [-0.15, -0.1) is 0 Å². The number of hydrogen-bond acceptors (Lipinski definition) is 3. The van der Waals surface area contributed by atoms with Crippen molar-refractivity contribution in [3.8, 4) is 11.5 Å². The molecule has 0 fully saturated rings. The molecule has 5 heteroatoms. The van der Waals surface area contributed by atoms with Crippen LogP contribution in [0.3, 0.4) is 0 Å². The van der Waals surface area contributed by atoms with Crippen molar-refractivity contribution in [2.45, 2.75) is 0 Å². The van der Waals surface area contributed by atoms with Gasteiger partial charge in [-0.25, -0.2) is 4.79 Å². The molecule has 1 heterocycles. The zero-order valence-corrected chi connectivity index (χ0v) is 11.6. The third-order valence-corrected chi connectivity index (χ3v) is 3.25. The highest BCUT2D eigenvalue weighted by molar-refractivity contribution is 6.35. The maximum atomic E-state index is 11.9. The molecule has 0 N–H and O–H groups in total. The lowest BCUT2D eigenvalue weighted by Crippen LogP contribution is -2.03. The highest BCUT2D eigenvalue weighted by atomic mass is 35.5. The average molecular weight is 307 g/mol. The van der Waals surface area contributed by atoms with E-state index >= 15 is 0 Å². The van der Waals surface area contributed by atoms with E-state index in [0.29, 0.717) is 21.4 Å². The van der Waals surface area contributed by atoms with Gasteiger partial charge in [-0.1, -0.05) is 41.4 Å². The fourth-order valence-electron chi connectivity index (χ4n) is 1.79. The maximum absolute atomic E-state index is 11.9. The summed E-state index contributed by atoms with van der Waals surface area (Å²) in [4.78, 5) is 11.9.